The zero-order valence-electron chi connectivity index (χ0n) is 12.2. The summed E-state index contributed by atoms with van der Waals surface area (Å²) in [7, 11) is 1.26. The topological polar surface area (TPSA) is 77.4 Å². The molecule has 0 aromatic carbocycles. The molecule has 20 heavy (non-hydrogen) atoms. The second kappa shape index (κ2) is 6.88. The van der Waals surface area contributed by atoms with Crippen LogP contribution in [-0.4, -0.2) is 29.6 Å². The number of methoxy groups -OCH3 is 1. The molecule has 0 bridgehead atoms. The van der Waals surface area contributed by atoms with Crippen molar-refractivity contribution in [3.05, 3.63) is 34.2 Å². The molecule has 0 aliphatic carbocycles. The first-order valence-electron chi connectivity index (χ1n) is 6.43. The van der Waals surface area contributed by atoms with Crippen molar-refractivity contribution < 1.29 is 14.3 Å². The number of carbonyl (C=O) groups is 2. The molecule has 0 aliphatic heterocycles. The number of aromatic nitrogens is 1. The molecule has 1 rings (SSSR count). The summed E-state index contributed by atoms with van der Waals surface area (Å²) in [6.07, 6.45) is 1.33. The van der Waals surface area contributed by atoms with Gasteiger partial charge in [-0.15, -0.1) is 0 Å². The van der Waals surface area contributed by atoms with Gasteiger partial charge in [-0.3, -0.25) is 9.59 Å². The number of amides is 1. The predicted molar refractivity (Wildman–Crippen MR) is 74.5 cm³/mol. The molecule has 1 atom stereocenters. The SMILES string of the molecule is COC(=O)c1ccc(=O)n(CC(=O)NC(C)C(C)C)c1. The Morgan fingerprint density at radius 3 is 2.50 bits per heavy atom. The number of hydrogen-bond acceptors (Lipinski definition) is 4. The maximum atomic E-state index is 11.8. The molecule has 0 radical (unpaired) electrons. The van der Waals surface area contributed by atoms with E-state index in [2.05, 4.69) is 10.1 Å². The fraction of sp³-hybridized carbons (Fsp3) is 0.500. The van der Waals surface area contributed by atoms with Crippen molar-refractivity contribution >= 4 is 11.9 Å². The second-order valence-electron chi connectivity index (χ2n) is 4.98. The molecule has 0 spiro atoms. The fourth-order valence-corrected chi connectivity index (χ4v) is 1.51. The zero-order valence-corrected chi connectivity index (χ0v) is 12.2. The van der Waals surface area contributed by atoms with Gasteiger partial charge in [0.2, 0.25) is 5.91 Å². The Morgan fingerprint density at radius 1 is 1.30 bits per heavy atom. The number of ether oxygens (including phenoxy) is 1. The molecule has 6 heteroatoms. The number of nitrogens with one attached hydrogen (secondary N) is 1. The molecule has 1 aromatic heterocycles. The number of esters is 1. The molecule has 1 unspecified atom stereocenters. The Kier molecular flexibility index (Phi) is 5.49. The van der Waals surface area contributed by atoms with Gasteiger partial charge in [0.15, 0.2) is 0 Å². The summed E-state index contributed by atoms with van der Waals surface area (Å²) in [6, 6.07) is 2.63. The number of pyridine rings is 1. The van der Waals surface area contributed by atoms with E-state index in [1.807, 2.05) is 20.8 Å². The maximum Gasteiger partial charge on any atom is 0.339 e. The molecule has 1 heterocycles. The van der Waals surface area contributed by atoms with Crippen LogP contribution in [0.3, 0.4) is 0 Å². The van der Waals surface area contributed by atoms with Crippen LogP contribution in [0.25, 0.3) is 0 Å². The Labute approximate surface area is 117 Å². The van der Waals surface area contributed by atoms with Crippen LogP contribution in [0.2, 0.25) is 0 Å². The molecule has 0 fully saturated rings. The van der Waals surface area contributed by atoms with Crippen LogP contribution >= 0.6 is 0 Å². The number of nitrogens with zero attached hydrogens (tertiary/aromatic N) is 1. The van der Waals surface area contributed by atoms with E-state index in [1.54, 1.807) is 0 Å². The summed E-state index contributed by atoms with van der Waals surface area (Å²) in [5.41, 5.74) is -0.109. The van der Waals surface area contributed by atoms with E-state index >= 15 is 0 Å². The Hall–Kier alpha value is -2.11. The molecular weight excluding hydrogens is 260 g/mol. The van der Waals surface area contributed by atoms with Crippen LogP contribution in [0.4, 0.5) is 0 Å². The van der Waals surface area contributed by atoms with Crippen molar-refractivity contribution in [3.8, 4) is 0 Å². The second-order valence-corrected chi connectivity index (χ2v) is 4.98. The van der Waals surface area contributed by atoms with E-state index in [4.69, 9.17) is 0 Å². The van der Waals surface area contributed by atoms with Crippen molar-refractivity contribution in [2.75, 3.05) is 7.11 Å². The summed E-state index contributed by atoms with van der Waals surface area (Å²) in [6.45, 7) is 5.76. The molecule has 1 N–H and O–H groups in total. The maximum absolute atomic E-state index is 11.8. The van der Waals surface area contributed by atoms with E-state index in [1.165, 1.54) is 30.0 Å². The highest BCUT2D eigenvalue weighted by molar-refractivity contribution is 5.88. The van der Waals surface area contributed by atoms with Crippen LogP contribution in [0.15, 0.2) is 23.1 Å². The first-order chi connectivity index (χ1) is 9.35. The summed E-state index contributed by atoms with van der Waals surface area (Å²) in [5.74, 6) is -0.512. The molecule has 110 valence electrons. The van der Waals surface area contributed by atoms with Crippen molar-refractivity contribution in [1.29, 1.82) is 0 Å². The smallest absolute Gasteiger partial charge is 0.339 e. The van der Waals surface area contributed by atoms with E-state index in [0.29, 0.717) is 5.92 Å². The minimum Gasteiger partial charge on any atom is -0.465 e. The quantitative estimate of drug-likeness (QED) is 0.809. The monoisotopic (exact) mass is 280 g/mol. The van der Waals surface area contributed by atoms with Gasteiger partial charge in [0.1, 0.15) is 6.54 Å². The number of hydrogen-bond donors (Lipinski definition) is 1. The van der Waals surface area contributed by atoms with Gasteiger partial charge in [-0.2, -0.15) is 0 Å². The van der Waals surface area contributed by atoms with Gasteiger partial charge in [0.25, 0.3) is 5.56 Å². The standard InChI is InChI=1S/C14H20N2O4/c1-9(2)10(3)15-12(17)8-16-7-11(14(19)20-4)5-6-13(16)18/h5-7,9-10H,8H2,1-4H3,(H,15,17). The van der Waals surface area contributed by atoms with Crippen molar-refractivity contribution in [3.63, 3.8) is 0 Å². The predicted octanol–water partition coefficient (Wildman–Crippen LogP) is 0.796. The lowest BCUT2D eigenvalue weighted by molar-refractivity contribution is -0.122. The van der Waals surface area contributed by atoms with Crippen LogP contribution in [0.5, 0.6) is 0 Å². The van der Waals surface area contributed by atoms with E-state index < -0.39 is 5.97 Å². The Bertz CT molecular complexity index is 548. The van der Waals surface area contributed by atoms with E-state index in [-0.39, 0.29) is 29.6 Å². The third-order valence-corrected chi connectivity index (χ3v) is 3.11. The summed E-state index contributed by atoms with van der Waals surface area (Å²) in [4.78, 5) is 34.9. The van der Waals surface area contributed by atoms with E-state index in [9.17, 15) is 14.4 Å². The highest BCUT2D eigenvalue weighted by Gasteiger charge is 2.13. The first-order valence-corrected chi connectivity index (χ1v) is 6.43. The first kappa shape index (κ1) is 15.9. The Morgan fingerprint density at radius 2 is 1.95 bits per heavy atom. The van der Waals surface area contributed by atoms with Gasteiger partial charge in [0, 0.05) is 18.3 Å². The molecule has 6 nitrogen and oxygen atoms in total. The number of rotatable bonds is 5. The van der Waals surface area contributed by atoms with Crippen molar-refractivity contribution in [2.45, 2.75) is 33.4 Å². The van der Waals surface area contributed by atoms with Crippen LogP contribution in [0.1, 0.15) is 31.1 Å². The lowest BCUT2D eigenvalue weighted by Crippen LogP contribution is -2.39. The highest BCUT2D eigenvalue weighted by Crippen LogP contribution is 2.01. The van der Waals surface area contributed by atoms with Gasteiger partial charge in [-0.1, -0.05) is 13.8 Å². The molecule has 1 amide bonds. The summed E-state index contributed by atoms with van der Waals surface area (Å²) < 4.78 is 5.77. The van der Waals surface area contributed by atoms with Crippen LogP contribution in [-0.2, 0) is 16.1 Å². The minimum absolute atomic E-state index is 0.0157. The largest absolute Gasteiger partial charge is 0.465 e. The van der Waals surface area contributed by atoms with Crippen molar-refractivity contribution in [1.82, 2.24) is 9.88 Å². The van der Waals surface area contributed by atoms with E-state index in [0.717, 1.165) is 0 Å². The normalized spacial score (nSPS) is 12.1. The third kappa shape index (κ3) is 4.22. The molecule has 0 saturated heterocycles. The van der Waals surface area contributed by atoms with Gasteiger partial charge in [-0.25, -0.2) is 4.79 Å². The third-order valence-electron chi connectivity index (χ3n) is 3.11. The highest BCUT2D eigenvalue weighted by atomic mass is 16.5. The summed E-state index contributed by atoms with van der Waals surface area (Å²) >= 11 is 0. The lowest BCUT2D eigenvalue weighted by atomic mass is 10.1. The average molecular weight is 280 g/mol. The van der Waals surface area contributed by atoms with Gasteiger partial charge < -0.3 is 14.6 Å². The van der Waals surface area contributed by atoms with Crippen LogP contribution < -0.4 is 10.9 Å². The molecule has 1 aromatic rings. The molecule has 0 saturated carbocycles. The van der Waals surface area contributed by atoms with Gasteiger partial charge in [0.05, 0.1) is 12.7 Å². The minimum atomic E-state index is -0.547. The molecular formula is C14H20N2O4. The zero-order chi connectivity index (χ0) is 15.3. The fourth-order valence-electron chi connectivity index (χ4n) is 1.51. The lowest BCUT2D eigenvalue weighted by Gasteiger charge is -2.17. The number of carbonyl (C=O) groups excluding carboxylic acids is 2. The van der Waals surface area contributed by atoms with Gasteiger partial charge >= 0.3 is 5.97 Å². The van der Waals surface area contributed by atoms with Crippen LogP contribution in [0, 0.1) is 5.92 Å². The Balaban J connectivity index is 2.84. The average Bonchev–Trinajstić information content (AvgIpc) is 2.40. The molecule has 0 aliphatic rings. The van der Waals surface area contributed by atoms with Gasteiger partial charge in [-0.05, 0) is 18.9 Å². The summed E-state index contributed by atoms with van der Waals surface area (Å²) in [5, 5.41) is 2.80. The van der Waals surface area contributed by atoms with Crippen molar-refractivity contribution in [2.24, 2.45) is 5.92 Å².